The Bertz CT molecular complexity index is 980. The maximum absolute atomic E-state index is 12.4. The predicted octanol–water partition coefficient (Wildman–Crippen LogP) is 3.62. The first-order chi connectivity index (χ1) is 13.1. The van der Waals surface area contributed by atoms with Gasteiger partial charge < -0.3 is 19.8 Å². The molecule has 1 fully saturated rings. The second kappa shape index (κ2) is 7.58. The topological polar surface area (TPSA) is 76.2 Å². The number of nitrogens with zero attached hydrogens (tertiary/aromatic N) is 1. The van der Waals surface area contributed by atoms with Crippen molar-refractivity contribution in [2.24, 2.45) is 0 Å². The highest BCUT2D eigenvalue weighted by molar-refractivity contribution is 6.32. The second-order valence-electron chi connectivity index (χ2n) is 6.67. The van der Waals surface area contributed by atoms with E-state index in [4.69, 9.17) is 21.1 Å². The Balaban J connectivity index is 1.40. The average molecular weight is 386 g/mol. The van der Waals surface area contributed by atoms with Gasteiger partial charge in [-0.2, -0.15) is 0 Å². The van der Waals surface area contributed by atoms with Crippen molar-refractivity contribution in [1.29, 1.82) is 0 Å². The molecule has 0 saturated carbocycles. The summed E-state index contributed by atoms with van der Waals surface area (Å²) >= 11 is 6.22. The Hall–Kier alpha value is -2.57. The second-order valence-corrected chi connectivity index (χ2v) is 7.08. The summed E-state index contributed by atoms with van der Waals surface area (Å²) in [5.74, 6) is 0.0995. The molecule has 1 amide bonds. The van der Waals surface area contributed by atoms with Crippen LogP contribution in [0.3, 0.4) is 0 Å². The third kappa shape index (κ3) is 4.07. The molecular weight excluding hydrogens is 366 g/mol. The standard InChI is InChI=1S/C20H20ClN3O3/c1-12-6-14-7-13(2-3-18(14)24-12)9-22-19(25)15-8-17(21)20(23-10-15)27-16-4-5-26-11-16/h2-3,6-8,10,16,24H,4-5,9,11H2,1H3,(H,22,25). The maximum Gasteiger partial charge on any atom is 0.253 e. The van der Waals surface area contributed by atoms with Gasteiger partial charge in [0.1, 0.15) is 11.1 Å². The minimum atomic E-state index is -0.231. The number of aryl methyl sites for hydroxylation is 1. The van der Waals surface area contributed by atoms with E-state index < -0.39 is 0 Å². The molecule has 0 aliphatic carbocycles. The number of fused-ring (bicyclic) bond motifs is 1. The van der Waals surface area contributed by atoms with E-state index in [0.29, 0.717) is 36.2 Å². The lowest BCUT2D eigenvalue weighted by atomic mass is 10.1. The molecular formula is C20H20ClN3O3. The highest BCUT2D eigenvalue weighted by atomic mass is 35.5. The van der Waals surface area contributed by atoms with E-state index in [0.717, 1.165) is 28.6 Å². The molecule has 1 saturated heterocycles. The summed E-state index contributed by atoms with van der Waals surface area (Å²) in [6, 6.07) is 9.72. The molecule has 2 aromatic heterocycles. The van der Waals surface area contributed by atoms with Gasteiger partial charge in [0.15, 0.2) is 0 Å². The molecule has 2 N–H and O–H groups in total. The van der Waals surface area contributed by atoms with Crippen LogP contribution in [0.5, 0.6) is 5.88 Å². The summed E-state index contributed by atoms with van der Waals surface area (Å²) in [4.78, 5) is 19.9. The van der Waals surface area contributed by atoms with Crippen molar-refractivity contribution < 1.29 is 14.3 Å². The zero-order valence-electron chi connectivity index (χ0n) is 14.9. The molecule has 1 aliphatic heterocycles. The third-order valence-electron chi connectivity index (χ3n) is 4.51. The van der Waals surface area contributed by atoms with Crippen LogP contribution in [-0.2, 0) is 11.3 Å². The largest absolute Gasteiger partial charge is 0.471 e. The minimum absolute atomic E-state index is 0.0401. The number of aromatic amines is 1. The smallest absolute Gasteiger partial charge is 0.253 e. The van der Waals surface area contributed by atoms with Crippen LogP contribution < -0.4 is 10.1 Å². The maximum atomic E-state index is 12.4. The molecule has 27 heavy (non-hydrogen) atoms. The highest BCUT2D eigenvalue weighted by Gasteiger charge is 2.20. The summed E-state index contributed by atoms with van der Waals surface area (Å²) in [5.41, 5.74) is 3.61. The molecule has 0 spiro atoms. The number of nitrogens with one attached hydrogen (secondary N) is 2. The number of amides is 1. The van der Waals surface area contributed by atoms with Crippen molar-refractivity contribution in [3.8, 4) is 5.88 Å². The van der Waals surface area contributed by atoms with E-state index in [2.05, 4.69) is 27.4 Å². The van der Waals surface area contributed by atoms with Crippen LogP contribution in [0.4, 0.5) is 0 Å². The normalized spacial score (nSPS) is 16.6. The number of pyridine rings is 1. The number of hydrogen-bond acceptors (Lipinski definition) is 4. The molecule has 6 nitrogen and oxygen atoms in total. The number of benzene rings is 1. The van der Waals surface area contributed by atoms with Gasteiger partial charge in [0.05, 0.1) is 18.8 Å². The van der Waals surface area contributed by atoms with E-state index in [1.165, 1.54) is 6.20 Å². The molecule has 1 aromatic carbocycles. The first-order valence-electron chi connectivity index (χ1n) is 8.85. The van der Waals surface area contributed by atoms with Crippen molar-refractivity contribution in [3.05, 3.63) is 58.4 Å². The van der Waals surface area contributed by atoms with Gasteiger partial charge in [-0.1, -0.05) is 17.7 Å². The lowest BCUT2D eigenvalue weighted by Gasteiger charge is -2.12. The molecule has 0 bridgehead atoms. The van der Waals surface area contributed by atoms with Gasteiger partial charge in [-0.25, -0.2) is 4.98 Å². The average Bonchev–Trinajstić information content (AvgIpc) is 3.29. The first-order valence-corrected chi connectivity index (χ1v) is 9.23. The van der Waals surface area contributed by atoms with Crippen molar-refractivity contribution in [1.82, 2.24) is 15.3 Å². The van der Waals surface area contributed by atoms with Crippen LogP contribution >= 0.6 is 11.6 Å². The molecule has 140 valence electrons. The van der Waals surface area contributed by atoms with Gasteiger partial charge in [0, 0.05) is 30.4 Å². The van der Waals surface area contributed by atoms with E-state index in [1.54, 1.807) is 6.07 Å². The number of aromatic nitrogens is 2. The predicted molar refractivity (Wildman–Crippen MR) is 103 cm³/mol. The molecule has 1 unspecified atom stereocenters. The molecule has 3 heterocycles. The van der Waals surface area contributed by atoms with Crippen LogP contribution in [0.1, 0.15) is 28.0 Å². The summed E-state index contributed by atoms with van der Waals surface area (Å²) < 4.78 is 11.0. The Kier molecular flexibility index (Phi) is 5.01. The first kappa shape index (κ1) is 17.8. The Morgan fingerprint density at radius 1 is 1.41 bits per heavy atom. The molecule has 3 aromatic rings. The Labute approximate surface area is 161 Å². The number of carbonyl (C=O) groups excluding carboxylic acids is 1. The van der Waals surface area contributed by atoms with Crippen LogP contribution in [0.2, 0.25) is 5.02 Å². The summed E-state index contributed by atoms with van der Waals surface area (Å²) in [6.07, 6.45) is 2.25. The van der Waals surface area contributed by atoms with Crippen LogP contribution in [-0.4, -0.2) is 35.2 Å². The van der Waals surface area contributed by atoms with E-state index in [9.17, 15) is 4.79 Å². The SMILES string of the molecule is Cc1cc2cc(CNC(=O)c3cnc(OC4CCOC4)c(Cl)c3)ccc2[nH]1. The van der Waals surface area contributed by atoms with Crippen molar-refractivity contribution in [2.75, 3.05) is 13.2 Å². The van der Waals surface area contributed by atoms with E-state index in [-0.39, 0.29) is 12.0 Å². The van der Waals surface area contributed by atoms with Crippen LogP contribution in [0, 0.1) is 6.92 Å². The Morgan fingerprint density at radius 3 is 3.07 bits per heavy atom. The molecule has 4 rings (SSSR count). The van der Waals surface area contributed by atoms with Gasteiger partial charge in [-0.3, -0.25) is 4.79 Å². The molecule has 7 heteroatoms. The quantitative estimate of drug-likeness (QED) is 0.703. The lowest BCUT2D eigenvalue weighted by Crippen LogP contribution is -2.23. The summed E-state index contributed by atoms with van der Waals surface area (Å²) in [6.45, 7) is 3.65. The van der Waals surface area contributed by atoms with Gasteiger partial charge in [0.25, 0.3) is 5.91 Å². The Morgan fingerprint density at radius 2 is 2.30 bits per heavy atom. The van der Waals surface area contributed by atoms with Crippen LogP contribution in [0.25, 0.3) is 10.9 Å². The van der Waals surface area contributed by atoms with Crippen molar-refractivity contribution in [2.45, 2.75) is 26.0 Å². The van der Waals surface area contributed by atoms with Gasteiger partial charge in [-0.15, -0.1) is 0 Å². The zero-order valence-corrected chi connectivity index (χ0v) is 15.7. The minimum Gasteiger partial charge on any atom is -0.471 e. The number of H-pyrrole nitrogens is 1. The third-order valence-corrected chi connectivity index (χ3v) is 4.78. The number of rotatable bonds is 5. The van der Waals surface area contributed by atoms with E-state index >= 15 is 0 Å². The van der Waals surface area contributed by atoms with Crippen molar-refractivity contribution >= 4 is 28.4 Å². The molecule has 0 radical (unpaired) electrons. The number of hydrogen-bond donors (Lipinski definition) is 2. The van der Waals surface area contributed by atoms with Crippen molar-refractivity contribution in [3.63, 3.8) is 0 Å². The van der Waals surface area contributed by atoms with Gasteiger partial charge >= 0.3 is 0 Å². The number of carbonyl (C=O) groups is 1. The van der Waals surface area contributed by atoms with Crippen LogP contribution in [0.15, 0.2) is 36.5 Å². The molecule has 1 aliphatic rings. The zero-order chi connectivity index (χ0) is 18.8. The number of halogens is 1. The van der Waals surface area contributed by atoms with Gasteiger partial charge in [0.2, 0.25) is 5.88 Å². The van der Waals surface area contributed by atoms with Gasteiger partial charge in [-0.05, 0) is 42.1 Å². The highest BCUT2D eigenvalue weighted by Crippen LogP contribution is 2.25. The summed E-state index contributed by atoms with van der Waals surface area (Å²) in [7, 11) is 0. The molecule has 1 atom stereocenters. The fraction of sp³-hybridized carbons (Fsp3) is 0.300. The fourth-order valence-electron chi connectivity index (χ4n) is 3.12. The van der Waals surface area contributed by atoms with E-state index in [1.807, 2.05) is 19.1 Å². The lowest BCUT2D eigenvalue weighted by molar-refractivity contribution is 0.0950. The summed E-state index contributed by atoms with van der Waals surface area (Å²) in [5, 5.41) is 4.34. The monoisotopic (exact) mass is 385 g/mol. The fourth-order valence-corrected chi connectivity index (χ4v) is 3.33. The number of ether oxygens (including phenoxy) is 2.